The standard InChI is InChI=1S/C17H17ClN2O2S/c18-14-6-8-15(9-7-14)23-11-10-16(21)20-17(22)19-12-13-4-2-1-3-5-13/h1-9H,10-12H2,(H2,19,20,21,22). The van der Waals surface area contributed by atoms with E-state index >= 15 is 0 Å². The van der Waals surface area contributed by atoms with Crippen LogP contribution in [0.15, 0.2) is 59.5 Å². The molecule has 0 saturated carbocycles. The number of amides is 3. The lowest BCUT2D eigenvalue weighted by Crippen LogP contribution is -2.39. The molecule has 0 bridgehead atoms. The molecule has 0 aliphatic heterocycles. The molecule has 0 aliphatic carbocycles. The van der Waals surface area contributed by atoms with Crippen molar-refractivity contribution in [1.29, 1.82) is 0 Å². The molecule has 0 atom stereocenters. The first-order chi connectivity index (χ1) is 11.1. The molecule has 0 heterocycles. The highest BCUT2D eigenvalue weighted by atomic mass is 35.5. The van der Waals surface area contributed by atoms with Crippen molar-refractivity contribution < 1.29 is 9.59 Å². The van der Waals surface area contributed by atoms with Gasteiger partial charge < -0.3 is 5.32 Å². The Balaban J connectivity index is 1.64. The molecule has 6 heteroatoms. The minimum absolute atomic E-state index is 0.270. The number of benzene rings is 2. The lowest BCUT2D eigenvalue weighted by atomic mass is 10.2. The summed E-state index contributed by atoms with van der Waals surface area (Å²) < 4.78 is 0. The van der Waals surface area contributed by atoms with Crippen LogP contribution in [0.1, 0.15) is 12.0 Å². The van der Waals surface area contributed by atoms with E-state index in [2.05, 4.69) is 10.6 Å². The van der Waals surface area contributed by atoms with Crippen LogP contribution in [0.2, 0.25) is 5.02 Å². The number of hydrogen-bond acceptors (Lipinski definition) is 3. The first-order valence-electron chi connectivity index (χ1n) is 7.13. The van der Waals surface area contributed by atoms with Gasteiger partial charge in [0.2, 0.25) is 5.91 Å². The normalized spacial score (nSPS) is 10.1. The summed E-state index contributed by atoms with van der Waals surface area (Å²) in [5, 5.41) is 5.66. The van der Waals surface area contributed by atoms with Crippen molar-refractivity contribution in [3.8, 4) is 0 Å². The van der Waals surface area contributed by atoms with Gasteiger partial charge in [0.25, 0.3) is 0 Å². The summed E-state index contributed by atoms with van der Waals surface area (Å²) in [6.07, 6.45) is 0.270. The van der Waals surface area contributed by atoms with Gasteiger partial charge >= 0.3 is 6.03 Å². The zero-order valence-electron chi connectivity index (χ0n) is 12.4. The second-order valence-electron chi connectivity index (χ2n) is 4.77. The smallest absolute Gasteiger partial charge is 0.321 e. The van der Waals surface area contributed by atoms with Gasteiger partial charge in [0.1, 0.15) is 0 Å². The van der Waals surface area contributed by atoms with Crippen molar-refractivity contribution in [1.82, 2.24) is 10.6 Å². The second-order valence-corrected chi connectivity index (χ2v) is 6.37. The summed E-state index contributed by atoms with van der Waals surface area (Å²) in [6.45, 7) is 0.388. The number of imide groups is 1. The summed E-state index contributed by atoms with van der Waals surface area (Å²) >= 11 is 7.35. The average molecular weight is 349 g/mol. The van der Waals surface area contributed by atoms with Crippen LogP contribution in [0.4, 0.5) is 4.79 Å². The predicted octanol–water partition coefficient (Wildman–Crippen LogP) is 3.85. The Kier molecular flexibility index (Phi) is 6.97. The number of rotatable bonds is 6. The molecule has 23 heavy (non-hydrogen) atoms. The highest BCUT2D eigenvalue weighted by Gasteiger charge is 2.07. The van der Waals surface area contributed by atoms with Crippen LogP contribution in [0.25, 0.3) is 0 Å². The van der Waals surface area contributed by atoms with Crippen LogP contribution < -0.4 is 10.6 Å². The minimum atomic E-state index is -0.477. The number of thioether (sulfide) groups is 1. The van der Waals surface area contributed by atoms with E-state index < -0.39 is 6.03 Å². The summed E-state index contributed by atoms with van der Waals surface area (Å²) in [4.78, 5) is 24.4. The van der Waals surface area contributed by atoms with Gasteiger partial charge in [-0.2, -0.15) is 0 Å². The van der Waals surface area contributed by atoms with Crippen molar-refractivity contribution in [3.63, 3.8) is 0 Å². The van der Waals surface area contributed by atoms with Gasteiger partial charge in [0, 0.05) is 28.6 Å². The third-order valence-corrected chi connectivity index (χ3v) is 4.23. The van der Waals surface area contributed by atoms with Gasteiger partial charge in [-0.15, -0.1) is 11.8 Å². The van der Waals surface area contributed by atoms with Gasteiger partial charge in [-0.3, -0.25) is 10.1 Å². The van der Waals surface area contributed by atoms with Gasteiger partial charge in [0.15, 0.2) is 0 Å². The first kappa shape index (κ1) is 17.4. The third-order valence-electron chi connectivity index (χ3n) is 2.96. The lowest BCUT2D eigenvalue weighted by molar-refractivity contribution is -0.119. The molecule has 0 aromatic heterocycles. The maximum Gasteiger partial charge on any atom is 0.321 e. The number of nitrogens with one attached hydrogen (secondary N) is 2. The van der Waals surface area contributed by atoms with Gasteiger partial charge in [-0.05, 0) is 29.8 Å². The van der Waals surface area contributed by atoms with E-state index in [-0.39, 0.29) is 12.3 Å². The SMILES string of the molecule is O=C(CCSc1ccc(Cl)cc1)NC(=O)NCc1ccccc1. The van der Waals surface area contributed by atoms with E-state index in [4.69, 9.17) is 11.6 Å². The molecule has 2 N–H and O–H groups in total. The zero-order valence-corrected chi connectivity index (χ0v) is 14.0. The number of halogens is 1. The Morgan fingerprint density at radius 3 is 2.39 bits per heavy atom. The maximum absolute atomic E-state index is 11.7. The highest BCUT2D eigenvalue weighted by molar-refractivity contribution is 7.99. The molecule has 3 amide bonds. The van der Waals surface area contributed by atoms with Crippen molar-refractivity contribution in [2.24, 2.45) is 0 Å². The molecule has 2 aromatic rings. The van der Waals surface area contributed by atoms with E-state index in [1.165, 1.54) is 0 Å². The molecule has 0 aliphatic rings. The summed E-state index contributed by atoms with van der Waals surface area (Å²) in [7, 11) is 0. The third kappa shape index (κ3) is 6.76. The number of hydrogen-bond donors (Lipinski definition) is 2. The molecule has 0 saturated heterocycles. The summed E-state index contributed by atoms with van der Waals surface area (Å²) in [5.74, 6) is 0.302. The van der Waals surface area contributed by atoms with Gasteiger partial charge in [-0.25, -0.2) is 4.79 Å². The molecule has 120 valence electrons. The van der Waals surface area contributed by atoms with E-state index in [1.54, 1.807) is 23.9 Å². The number of carbonyl (C=O) groups excluding carboxylic acids is 2. The van der Waals surface area contributed by atoms with E-state index in [0.717, 1.165) is 10.5 Å². The van der Waals surface area contributed by atoms with Crippen LogP contribution in [-0.2, 0) is 11.3 Å². The number of urea groups is 1. The Morgan fingerprint density at radius 1 is 1.00 bits per heavy atom. The number of carbonyl (C=O) groups is 2. The Morgan fingerprint density at radius 2 is 1.70 bits per heavy atom. The molecular formula is C17H17ClN2O2S. The van der Waals surface area contributed by atoms with Crippen molar-refractivity contribution >= 4 is 35.3 Å². The Labute approximate surface area is 144 Å². The lowest BCUT2D eigenvalue weighted by Gasteiger charge is -2.07. The average Bonchev–Trinajstić information content (AvgIpc) is 2.56. The van der Waals surface area contributed by atoms with Crippen LogP contribution in [0, 0.1) is 0 Å². The van der Waals surface area contributed by atoms with Gasteiger partial charge in [-0.1, -0.05) is 41.9 Å². The fourth-order valence-corrected chi connectivity index (χ4v) is 2.78. The monoisotopic (exact) mass is 348 g/mol. The minimum Gasteiger partial charge on any atom is -0.334 e. The van der Waals surface area contributed by atoms with E-state index in [1.807, 2.05) is 42.5 Å². The van der Waals surface area contributed by atoms with Crippen LogP contribution in [0.3, 0.4) is 0 Å². The van der Waals surface area contributed by atoms with Crippen molar-refractivity contribution in [3.05, 3.63) is 65.2 Å². The maximum atomic E-state index is 11.7. The fraction of sp³-hybridized carbons (Fsp3) is 0.176. The Bertz CT molecular complexity index is 647. The summed E-state index contributed by atoms with van der Waals surface area (Å²) in [5.41, 5.74) is 0.980. The molecule has 0 fully saturated rings. The molecular weight excluding hydrogens is 332 g/mol. The highest BCUT2D eigenvalue weighted by Crippen LogP contribution is 2.20. The van der Waals surface area contributed by atoms with Gasteiger partial charge in [0.05, 0.1) is 0 Å². The predicted molar refractivity (Wildman–Crippen MR) is 93.6 cm³/mol. The summed E-state index contributed by atoms with van der Waals surface area (Å²) in [6, 6.07) is 16.5. The van der Waals surface area contributed by atoms with Crippen LogP contribution in [-0.4, -0.2) is 17.7 Å². The van der Waals surface area contributed by atoms with Crippen molar-refractivity contribution in [2.45, 2.75) is 17.9 Å². The van der Waals surface area contributed by atoms with Crippen LogP contribution >= 0.6 is 23.4 Å². The van der Waals surface area contributed by atoms with E-state index in [0.29, 0.717) is 17.3 Å². The second kappa shape index (κ2) is 9.22. The zero-order chi connectivity index (χ0) is 16.5. The quantitative estimate of drug-likeness (QED) is 0.779. The first-order valence-corrected chi connectivity index (χ1v) is 8.50. The largest absolute Gasteiger partial charge is 0.334 e. The molecule has 4 nitrogen and oxygen atoms in total. The molecule has 2 aromatic carbocycles. The van der Waals surface area contributed by atoms with Crippen molar-refractivity contribution in [2.75, 3.05) is 5.75 Å². The molecule has 0 unspecified atom stereocenters. The fourth-order valence-electron chi connectivity index (χ4n) is 1.80. The molecule has 2 rings (SSSR count). The van der Waals surface area contributed by atoms with Crippen LogP contribution in [0.5, 0.6) is 0 Å². The van der Waals surface area contributed by atoms with E-state index in [9.17, 15) is 9.59 Å². The molecule has 0 spiro atoms. The Hall–Kier alpha value is -1.98. The topological polar surface area (TPSA) is 58.2 Å². The molecule has 0 radical (unpaired) electrons.